The summed E-state index contributed by atoms with van der Waals surface area (Å²) in [6.45, 7) is 2.22. The molecule has 6 nitrogen and oxygen atoms in total. The highest BCUT2D eigenvalue weighted by atomic mass is 32.2. The number of nitrogens with zero attached hydrogens (tertiary/aromatic N) is 2. The van der Waals surface area contributed by atoms with Crippen LogP contribution in [0.2, 0.25) is 0 Å². The number of methoxy groups -OCH3 is 2. The molecule has 0 bridgehead atoms. The molecule has 1 aromatic carbocycles. The van der Waals surface area contributed by atoms with Gasteiger partial charge in [0.25, 0.3) is 5.91 Å². The molecule has 0 unspecified atom stereocenters. The predicted molar refractivity (Wildman–Crippen MR) is 114 cm³/mol. The third-order valence-corrected chi connectivity index (χ3v) is 8.13. The van der Waals surface area contributed by atoms with Gasteiger partial charge >= 0.3 is 0 Å². The van der Waals surface area contributed by atoms with Crippen LogP contribution in [0.25, 0.3) is 0 Å². The van der Waals surface area contributed by atoms with Crippen LogP contribution in [0.15, 0.2) is 18.2 Å². The summed E-state index contributed by atoms with van der Waals surface area (Å²) in [6, 6.07) is 5.33. The van der Waals surface area contributed by atoms with E-state index in [2.05, 4.69) is 0 Å². The first-order valence-electron chi connectivity index (χ1n) is 10.5. The van der Waals surface area contributed by atoms with Crippen molar-refractivity contribution in [3.05, 3.63) is 23.8 Å². The van der Waals surface area contributed by atoms with Crippen LogP contribution >= 0.6 is 11.8 Å². The van der Waals surface area contributed by atoms with Gasteiger partial charge in [-0.3, -0.25) is 9.59 Å². The second kappa shape index (κ2) is 8.46. The number of carbonyl (C=O) groups excluding carboxylic acids is 2. The average molecular weight is 419 g/mol. The highest BCUT2D eigenvalue weighted by Crippen LogP contribution is 2.45. The monoisotopic (exact) mass is 418 g/mol. The van der Waals surface area contributed by atoms with Crippen molar-refractivity contribution in [2.75, 3.05) is 39.6 Å². The number of likely N-dealkylation sites (tertiary alicyclic amines) is 1. The van der Waals surface area contributed by atoms with Gasteiger partial charge in [0, 0.05) is 42.9 Å². The van der Waals surface area contributed by atoms with Crippen molar-refractivity contribution in [3.8, 4) is 11.5 Å². The fraction of sp³-hybridized carbons (Fsp3) is 0.636. The van der Waals surface area contributed by atoms with Gasteiger partial charge < -0.3 is 19.3 Å². The van der Waals surface area contributed by atoms with E-state index in [-0.39, 0.29) is 16.7 Å². The van der Waals surface area contributed by atoms with Crippen molar-refractivity contribution in [1.29, 1.82) is 0 Å². The van der Waals surface area contributed by atoms with Crippen LogP contribution < -0.4 is 9.47 Å². The minimum atomic E-state index is -0.208. The van der Waals surface area contributed by atoms with Gasteiger partial charge in [0.1, 0.15) is 11.5 Å². The van der Waals surface area contributed by atoms with E-state index in [1.165, 1.54) is 12.8 Å². The SMILES string of the molecule is COc1cc(OC)cc(C(=O)N2CCSC23CCN(C(=O)C2CCCC2)CC3)c1. The summed E-state index contributed by atoms with van der Waals surface area (Å²) in [7, 11) is 3.18. The Bertz CT molecular complexity index is 748. The van der Waals surface area contributed by atoms with Crippen molar-refractivity contribution < 1.29 is 19.1 Å². The maximum Gasteiger partial charge on any atom is 0.255 e. The predicted octanol–water partition coefficient (Wildman–Crippen LogP) is 3.40. The van der Waals surface area contributed by atoms with Crippen molar-refractivity contribution in [2.24, 2.45) is 5.92 Å². The van der Waals surface area contributed by atoms with Gasteiger partial charge in [0.15, 0.2) is 0 Å². The Hall–Kier alpha value is -1.89. The number of rotatable bonds is 4. The van der Waals surface area contributed by atoms with Gasteiger partial charge in [-0.1, -0.05) is 12.8 Å². The molecule has 3 fully saturated rings. The molecule has 0 N–H and O–H groups in total. The number of hydrogen-bond acceptors (Lipinski definition) is 5. The molecule has 4 rings (SSSR count). The molecule has 1 aliphatic carbocycles. The third kappa shape index (κ3) is 3.93. The number of ether oxygens (including phenoxy) is 2. The van der Waals surface area contributed by atoms with E-state index in [0.29, 0.717) is 23.0 Å². The fourth-order valence-electron chi connectivity index (χ4n) is 4.90. The maximum absolute atomic E-state index is 13.4. The zero-order valence-corrected chi connectivity index (χ0v) is 18.1. The number of thioether (sulfide) groups is 1. The molecule has 2 saturated heterocycles. The van der Waals surface area contributed by atoms with E-state index in [4.69, 9.17) is 9.47 Å². The fourth-order valence-corrected chi connectivity index (χ4v) is 6.36. The average Bonchev–Trinajstić information content (AvgIpc) is 3.43. The Morgan fingerprint density at radius 2 is 1.62 bits per heavy atom. The van der Waals surface area contributed by atoms with E-state index in [1.54, 1.807) is 32.4 Å². The van der Waals surface area contributed by atoms with Crippen LogP contribution in [0.4, 0.5) is 0 Å². The highest BCUT2D eigenvalue weighted by Gasteiger charge is 2.47. The third-order valence-electron chi connectivity index (χ3n) is 6.58. The number of piperidine rings is 1. The number of carbonyl (C=O) groups is 2. The summed E-state index contributed by atoms with van der Waals surface area (Å²) >= 11 is 1.87. The number of hydrogen-bond donors (Lipinski definition) is 0. The molecule has 29 heavy (non-hydrogen) atoms. The summed E-state index contributed by atoms with van der Waals surface area (Å²) in [5.74, 6) is 2.74. The summed E-state index contributed by atoms with van der Waals surface area (Å²) in [5.41, 5.74) is 0.590. The topological polar surface area (TPSA) is 59.1 Å². The first-order valence-corrected chi connectivity index (χ1v) is 11.5. The smallest absolute Gasteiger partial charge is 0.255 e. The number of amides is 2. The van der Waals surface area contributed by atoms with Crippen molar-refractivity contribution >= 4 is 23.6 Å². The standard InChI is InChI=1S/C22H30N2O4S/c1-27-18-13-17(14-19(15-18)28-2)21(26)24-11-12-29-22(24)7-9-23(10-8-22)20(25)16-5-3-4-6-16/h13-16H,3-12H2,1-2H3. The van der Waals surface area contributed by atoms with Gasteiger partial charge in [-0.05, 0) is 37.8 Å². The minimum Gasteiger partial charge on any atom is -0.497 e. The lowest BCUT2D eigenvalue weighted by Gasteiger charge is -2.44. The molecule has 158 valence electrons. The molecule has 1 spiro atoms. The summed E-state index contributed by atoms with van der Waals surface area (Å²) in [5, 5.41) is 0. The van der Waals surface area contributed by atoms with Crippen LogP contribution in [0.1, 0.15) is 48.9 Å². The summed E-state index contributed by atoms with van der Waals surface area (Å²) in [4.78, 5) is 30.0. The molecule has 0 aromatic heterocycles. The van der Waals surface area contributed by atoms with Crippen LogP contribution in [0.3, 0.4) is 0 Å². The van der Waals surface area contributed by atoms with Crippen molar-refractivity contribution in [2.45, 2.75) is 43.4 Å². The van der Waals surface area contributed by atoms with E-state index >= 15 is 0 Å². The Balaban J connectivity index is 1.48. The van der Waals surface area contributed by atoms with E-state index in [1.807, 2.05) is 21.6 Å². The lowest BCUT2D eigenvalue weighted by Crippen LogP contribution is -2.54. The molecule has 2 heterocycles. The molecule has 1 saturated carbocycles. The molecule has 7 heteroatoms. The van der Waals surface area contributed by atoms with Crippen LogP contribution in [0.5, 0.6) is 11.5 Å². The van der Waals surface area contributed by atoms with Crippen LogP contribution in [0, 0.1) is 5.92 Å². The molecule has 0 radical (unpaired) electrons. The van der Waals surface area contributed by atoms with Gasteiger partial charge in [-0.2, -0.15) is 0 Å². The highest BCUT2D eigenvalue weighted by molar-refractivity contribution is 8.00. The zero-order valence-electron chi connectivity index (χ0n) is 17.3. The molecule has 2 amide bonds. The first-order chi connectivity index (χ1) is 14.1. The first kappa shape index (κ1) is 20.4. The van der Waals surface area contributed by atoms with Gasteiger partial charge in [0.2, 0.25) is 5.91 Å². The quantitative estimate of drug-likeness (QED) is 0.750. The number of benzene rings is 1. The maximum atomic E-state index is 13.4. The second-order valence-corrected chi connectivity index (χ2v) is 9.62. The van der Waals surface area contributed by atoms with E-state index in [9.17, 15) is 9.59 Å². The summed E-state index contributed by atoms with van der Waals surface area (Å²) in [6.07, 6.45) is 6.10. The lowest BCUT2D eigenvalue weighted by molar-refractivity contribution is -0.137. The minimum absolute atomic E-state index is 0.0165. The largest absolute Gasteiger partial charge is 0.497 e. The molecule has 0 atom stereocenters. The molecule has 1 aromatic rings. The van der Waals surface area contributed by atoms with Gasteiger partial charge in [0.05, 0.1) is 19.1 Å². The molecular weight excluding hydrogens is 388 g/mol. The second-order valence-electron chi connectivity index (χ2n) is 8.16. The molecule has 2 aliphatic heterocycles. The zero-order chi connectivity index (χ0) is 20.4. The van der Waals surface area contributed by atoms with Gasteiger partial charge in [-0.15, -0.1) is 11.8 Å². The lowest BCUT2D eigenvalue weighted by atomic mass is 9.98. The van der Waals surface area contributed by atoms with E-state index in [0.717, 1.165) is 51.1 Å². The van der Waals surface area contributed by atoms with E-state index < -0.39 is 0 Å². The Morgan fingerprint density at radius 1 is 1.00 bits per heavy atom. The Kier molecular flexibility index (Phi) is 5.95. The Labute approximate surface area is 176 Å². The normalized spacial score (nSPS) is 21.6. The Morgan fingerprint density at radius 3 is 2.21 bits per heavy atom. The van der Waals surface area contributed by atoms with Crippen LogP contribution in [-0.4, -0.2) is 66.1 Å². The summed E-state index contributed by atoms with van der Waals surface area (Å²) < 4.78 is 10.7. The van der Waals surface area contributed by atoms with Crippen LogP contribution in [-0.2, 0) is 4.79 Å². The molecule has 3 aliphatic rings. The van der Waals surface area contributed by atoms with Gasteiger partial charge in [-0.25, -0.2) is 0 Å². The molecular formula is C22H30N2O4S. The van der Waals surface area contributed by atoms with Crippen molar-refractivity contribution in [1.82, 2.24) is 9.80 Å². The van der Waals surface area contributed by atoms with Crippen molar-refractivity contribution in [3.63, 3.8) is 0 Å².